The summed E-state index contributed by atoms with van der Waals surface area (Å²) in [5.41, 5.74) is 2.62. The number of tetrazole rings is 1. The highest BCUT2D eigenvalue weighted by Crippen LogP contribution is 2.16. The van der Waals surface area contributed by atoms with Crippen LogP contribution in [0.4, 0.5) is 0 Å². The molecule has 2 aromatic carbocycles. The van der Waals surface area contributed by atoms with E-state index in [-0.39, 0.29) is 4.90 Å². The minimum absolute atomic E-state index is 0.269. The van der Waals surface area contributed by atoms with Crippen LogP contribution in [0.15, 0.2) is 53.4 Å². The number of sulfone groups is 1. The number of benzene rings is 2. The van der Waals surface area contributed by atoms with Gasteiger partial charge in [-0.3, -0.25) is 9.80 Å². The minimum Gasteiger partial charge on any atom is -0.298 e. The number of aromatic nitrogens is 4. The van der Waals surface area contributed by atoms with Gasteiger partial charge in [0.1, 0.15) is 0 Å². The van der Waals surface area contributed by atoms with Crippen LogP contribution in [0.5, 0.6) is 0 Å². The molecule has 0 bridgehead atoms. The summed E-state index contributed by atoms with van der Waals surface area (Å²) >= 11 is 0. The first-order chi connectivity index (χ1) is 15.4. The molecule has 1 fully saturated rings. The summed E-state index contributed by atoms with van der Waals surface area (Å²) in [4.78, 5) is 5.03. The largest absolute Gasteiger partial charge is 0.298 e. The number of nitrogens with zero attached hydrogens (tertiary/aromatic N) is 7. The van der Waals surface area contributed by atoms with E-state index < -0.39 is 9.84 Å². The van der Waals surface area contributed by atoms with Crippen LogP contribution in [0, 0.1) is 11.3 Å². The lowest BCUT2D eigenvalue weighted by Gasteiger charge is -2.21. The van der Waals surface area contributed by atoms with E-state index in [1.165, 1.54) is 11.8 Å². The van der Waals surface area contributed by atoms with E-state index in [1.807, 2.05) is 24.3 Å². The SMILES string of the molecule is CS(=O)(=O)c1ccc(-n2nnnc2CN2CCCN(Cc3ccc(C#N)cc3)CC2)cc1. The van der Waals surface area contributed by atoms with Gasteiger partial charge in [-0.1, -0.05) is 12.1 Å². The molecule has 1 aliphatic heterocycles. The number of hydrogen-bond donors (Lipinski definition) is 0. The monoisotopic (exact) mass is 451 g/mol. The normalized spacial score (nSPS) is 15.9. The standard InChI is InChI=1S/C22H25N7O2S/c1-32(30,31)21-9-7-20(8-10-21)29-22(24-25-26-29)17-28-12-2-11-27(13-14-28)16-19-5-3-18(15-23)4-6-19/h3-10H,2,11-14,16-17H2,1H3. The van der Waals surface area contributed by atoms with Gasteiger partial charge in [0, 0.05) is 25.9 Å². The third kappa shape index (κ3) is 5.37. The van der Waals surface area contributed by atoms with E-state index in [0.717, 1.165) is 50.7 Å². The Morgan fingerprint density at radius 2 is 1.59 bits per heavy atom. The van der Waals surface area contributed by atoms with E-state index in [4.69, 9.17) is 5.26 Å². The van der Waals surface area contributed by atoms with Gasteiger partial charge in [-0.2, -0.15) is 9.94 Å². The van der Waals surface area contributed by atoms with Gasteiger partial charge in [0.25, 0.3) is 0 Å². The Balaban J connectivity index is 1.38. The molecule has 0 atom stereocenters. The van der Waals surface area contributed by atoms with Crippen molar-refractivity contribution in [1.82, 2.24) is 30.0 Å². The zero-order valence-electron chi connectivity index (χ0n) is 17.9. The molecule has 166 valence electrons. The van der Waals surface area contributed by atoms with Crippen LogP contribution in [0.2, 0.25) is 0 Å². The highest BCUT2D eigenvalue weighted by Gasteiger charge is 2.18. The maximum Gasteiger partial charge on any atom is 0.175 e. The first kappa shape index (κ1) is 22.1. The molecule has 1 aromatic heterocycles. The molecule has 4 rings (SSSR count). The molecule has 10 heteroatoms. The second kappa shape index (κ2) is 9.56. The number of rotatable bonds is 6. The smallest absolute Gasteiger partial charge is 0.175 e. The quantitative estimate of drug-likeness (QED) is 0.557. The van der Waals surface area contributed by atoms with Gasteiger partial charge in [-0.25, -0.2) is 8.42 Å². The fourth-order valence-corrected chi connectivity index (χ4v) is 4.45. The van der Waals surface area contributed by atoms with Crippen molar-refractivity contribution < 1.29 is 8.42 Å². The average molecular weight is 452 g/mol. The molecule has 0 unspecified atom stereocenters. The van der Waals surface area contributed by atoms with Crippen molar-refractivity contribution in [3.05, 3.63) is 65.5 Å². The van der Waals surface area contributed by atoms with E-state index in [2.05, 4.69) is 31.4 Å². The van der Waals surface area contributed by atoms with Crippen LogP contribution in [0.1, 0.15) is 23.4 Å². The number of hydrogen-bond acceptors (Lipinski definition) is 8. The summed E-state index contributed by atoms with van der Waals surface area (Å²) in [6.07, 6.45) is 2.23. The fraction of sp³-hybridized carbons (Fsp3) is 0.364. The molecule has 32 heavy (non-hydrogen) atoms. The topological polar surface area (TPSA) is 108 Å². The van der Waals surface area contributed by atoms with Crippen molar-refractivity contribution in [3.63, 3.8) is 0 Å². The molecule has 1 saturated heterocycles. The predicted octanol–water partition coefficient (Wildman–Crippen LogP) is 1.65. The molecule has 0 aliphatic carbocycles. The maximum atomic E-state index is 11.7. The highest BCUT2D eigenvalue weighted by atomic mass is 32.2. The molecule has 0 spiro atoms. The zero-order chi connectivity index (χ0) is 22.6. The summed E-state index contributed by atoms with van der Waals surface area (Å²) in [6, 6.07) is 16.5. The van der Waals surface area contributed by atoms with Gasteiger partial charge in [0.05, 0.1) is 28.8 Å². The fourth-order valence-electron chi connectivity index (χ4n) is 3.82. The van der Waals surface area contributed by atoms with Crippen molar-refractivity contribution in [2.75, 3.05) is 32.4 Å². The van der Waals surface area contributed by atoms with Crippen LogP contribution in [-0.2, 0) is 22.9 Å². The first-order valence-corrected chi connectivity index (χ1v) is 12.3. The van der Waals surface area contributed by atoms with Crippen molar-refractivity contribution in [1.29, 1.82) is 5.26 Å². The van der Waals surface area contributed by atoms with Crippen molar-refractivity contribution >= 4 is 9.84 Å². The molecule has 0 saturated carbocycles. The summed E-state index contributed by atoms with van der Waals surface area (Å²) in [5, 5.41) is 21.1. The molecule has 0 amide bonds. The summed E-state index contributed by atoms with van der Waals surface area (Å²) < 4.78 is 25.0. The third-order valence-corrected chi connectivity index (χ3v) is 6.71. The molecule has 1 aliphatic rings. The van der Waals surface area contributed by atoms with Gasteiger partial charge in [0.2, 0.25) is 0 Å². The molecule has 2 heterocycles. The van der Waals surface area contributed by atoms with Crippen LogP contribution < -0.4 is 0 Å². The summed E-state index contributed by atoms with van der Waals surface area (Å²) in [6.45, 7) is 5.27. The van der Waals surface area contributed by atoms with Crippen LogP contribution in [0.3, 0.4) is 0 Å². The highest BCUT2D eigenvalue weighted by molar-refractivity contribution is 7.90. The predicted molar refractivity (Wildman–Crippen MR) is 119 cm³/mol. The van der Waals surface area contributed by atoms with E-state index in [1.54, 1.807) is 28.9 Å². The second-order valence-electron chi connectivity index (χ2n) is 7.99. The Morgan fingerprint density at radius 3 is 2.22 bits per heavy atom. The van der Waals surface area contributed by atoms with Crippen LogP contribution in [-0.4, -0.2) is 70.9 Å². The molecular weight excluding hydrogens is 426 g/mol. The first-order valence-electron chi connectivity index (χ1n) is 10.4. The molecule has 9 nitrogen and oxygen atoms in total. The number of nitriles is 1. The lowest BCUT2D eigenvalue weighted by molar-refractivity contribution is 0.242. The summed E-state index contributed by atoms with van der Waals surface area (Å²) in [7, 11) is -3.24. The van der Waals surface area contributed by atoms with E-state index in [9.17, 15) is 8.42 Å². The Hall–Kier alpha value is -3.13. The van der Waals surface area contributed by atoms with Crippen LogP contribution >= 0.6 is 0 Å². The van der Waals surface area contributed by atoms with Crippen molar-refractivity contribution in [2.45, 2.75) is 24.4 Å². The molecule has 0 radical (unpaired) electrons. The van der Waals surface area contributed by atoms with E-state index >= 15 is 0 Å². The summed E-state index contributed by atoms with van der Waals surface area (Å²) in [5.74, 6) is 0.720. The molecule has 0 N–H and O–H groups in total. The zero-order valence-corrected chi connectivity index (χ0v) is 18.7. The van der Waals surface area contributed by atoms with Crippen molar-refractivity contribution in [2.24, 2.45) is 0 Å². The lowest BCUT2D eigenvalue weighted by atomic mass is 10.1. The minimum atomic E-state index is -3.24. The Kier molecular flexibility index (Phi) is 6.60. The van der Waals surface area contributed by atoms with Crippen LogP contribution in [0.25, 0.3) is 5.69 Å². The Labute approximate surface area is 187 Å². The average Bonchev–Trinajstić information content (AvgIpc) is 3.14. The second-order valence-corrected chi connectivity index (χ2v) is 10.0. The Bertz CT molecular complexity index is 1200. The van der Waals surface area contributed by atoms with Gasteiger partial charge >= 0.3 is 0 Å². The maximum absolute atomic E-state index is 11.7. The Morgan fingerprint density at radius 1 is 0.938 bits per heavy atom. The lowest BCUT2D eigenvalue weighted by Crippen LogP contribution is -2.31. The van der Waals surface area contributed by atoms with Gasteiger partial charge in [-0.05, 0) is 71.9 Å². The van der Waals surface area contributed by atoms with Gasteiger partial charge in [-0.15, -0.1) is 5.10 Å². The molecule has 3 aromatic rings. The van der Waals surface area contributed by atoms with Gasteiger partial charge in [0.15, 0.2) is 15.7 Å². The third-order valence-electron chi connectivity index (χ3n) is 5.58. The van der Waals surface area contributed by atoms with Gasteiger partial charge < -0.3 is 0 Å². The van der Waals surface area contributed by atoms with E-state index in [0.29, 0.717) is 12.1 Å². The van der Waals surface area contributed by atoms with Crippen molar-refractivity contribution in [3.8, 4) is 11.8 Å². The molecular formula is C22H25N7O2S.